The molecule has 1 heterocycles. The zero-order valence-electron chi connectivity index (χ0n) is 11.4. The molecule has 0 saturated carbocycles. The summed E-state index contributed by atoms with van der Waals surface area (Å²) in [6, 6.07) is -3.30. The van der Waals surface area contributed by atoms with Gasteiger partial charge >= 0.3 is 18.3 Å². The average molecular weight is 336 g/mol. The van der Waals surface area contributed by atoms with Crippen LogP contribution in [0, 0.1) is 0 Å². The lowest BCUT2D eigenvalue weighted by Gasteiger charge is -2.40. The Hall–Kier alpha value is -1.52. The maximum Gasteiger partial charge on any atom is 0.471 e. The Morgan fingerprint density at radius 1 is 1.18 bits per heavy atom. The van der Waals surface area contributed by atoms with Gasteiger partial charge in [-0.05, 0) is 12.8 Å². The summed E-state index contributed by atoms with van der Waals surface area (Å²) in [5, 5.41) is 1.59. The maximum atomic E-state index is 12.9. The summed E-state index contributed by atoms with van der Waals surface area (Å²) in [5.41, 5.74) is 0. The first-order valence-electron chi connectivity index (χ1n) is 6.19. The highest BCUT2D eigenvalue weighted by Crippen LogP contribution is 2.32. The van der Waals surface area contributed by atoms with Gasteiger partial charge in [0.15, 0.2) is 0 Å². The van der Waals surface area contributed by atoms with Crippen molar-refractivity contribution in [2.24, 2.45) is 0 Å². The minimum absolute atomic E-state index is 0.317. The van der Waals surface area contributed by atoms with Crippen molar-refractivity contribution < 1.29 is 40.7 Å². The largest absolute Gasteiger partial charge is 0.471 e. The molecular weight excluding hydrogens is 322 g/mol. The third kappa shape index (κ3) is 4.75. The molecule has 0 aromatic rings. The Balaban J connectivity index is 2.82. The predicted octanol–water partition coefficient (Wildman–Crippen LogP) is 1.23. The Labute approximate surface area is 121 Å². The Morgan fingerprint density at radius 2 is 1.77 bits per heavy atom. The second-order valence-electron chi connectivity index (χ2n) is 4.78. The number of ether oxygens (including phenoxy) is 1. The van der Waals surface area contributed by atoms with Gasteiger partial charge in [-0.15, -0.1) is 0 Å². The standard InChI is InChI=1S/C11H14F6N2O3/c1-22-5-8(20)19-4-6(18-9(21)11(15,16)17)2-3-7(19)10(12,13)14/h6-7H,2-5H2,1H3,(H,18,21). The van der Waals surface area contributed by atoms with Crippen molar-refractivity contribution in [3.63, 3.8) is 0 Å². The quantitative estimate of drug-likeness (QED) is 0.789. The number of carbonyl (C=O) groups is 2. The number of piperidine rings is 1. The van der Waals surface area contributed by atoms with E-state index >= 15 is 0 Å². The molecule has 128 valence electrons. The van der Waals surface area contributed by atoms with Crippen LogP contribution in [0.5, 0.6) is 0 Å². The Kier molecular flexibility index (Phi) is 5.65. The molecule has 0 radical (unpaired) electrons. The first-order chi connectivity index (χ1) is 9.96. The van der Waals surface area contributed by atoms with Gasteiger partial charge in [-0.25, -0.2) is 0 Å². The van der Waals surface area contributed by atoms with Crippen LogP contribution in [-0.2, 0) is 14.3 Å². The van der Waals surface area contributed by atoms with E-state index in [4.69, 9.17) is 0 Å². The number of methoxy groups -OCH3 is 1. The lowest BCUT2D eigenvalue weighted by atomic mass is 9.97. The van der Waals surface area contributed by atoms with Crippen LogP contribution in [0.2, 0.25) is 0 Å². The van der Waals surface area contributed by atoms with Gasteiger partial charge in [-0.1, -0.05) is 0 Å². The van der Waals surface area contributed by atoms with E-state index in [9.17, 15) is 35.9 Å². The van der Waals surface area contributed by atoms with Crippen molar-refractivity contribution in [1.29, 1.82) is 0 Å². The molecule has 2 unspecified atom stereocenters. The number of nitrogens with one attached hydrogen (secondary N) is 1. The van der Waals surface area contributed by atoms with E-state index in [0.29, 0.717) is 4.90 Å². The Bertz CT molecular complexity index is 423. The van der Waals surface area contributed by atoms with Gasteiger partial charge in [0.1, 0.15) is 12.6 Å². The van der Waals surface area contributed by atoms with Crippen molar-refractivity contribution in [2.45, 2.75) is 37.3 Å². The van der Waals surface area contributed by atoms with E-state index in [2.05, 4.69) is 4.74 Å². The fraction of sp³-hybridized carbons (Fsp3) is 0.818. The number of hydrogen-bond donors (Lipinski definition) is 1. The maximum absolute atomic E-state index is 12.9. The van der Waals surface area contributed by atoms with E-state index in [1.165, 1.54) is 0 Å². The van der Waals surface area contributed by atoms with E-state index in [-0.39, 0.29) is 6.42 Å². The normalized spacial score (nSPS) is 23.3. The highest BCUT2D eigenvalue weighted by Gasteiger charge is 2.49. The molecule has 1 aliphatic rings. The fourth-order valence-electron chi connectivity index (χ4n) is 2.18. The molecule has 1 N–H and O–H groups in total. The van der Waals surface area contributed by atoms with Crippen molar-refractivity contribution in [3.05, 3.63) is 0 Å². The van der Waals surface area contributed by atoms with E-state index in [0.717, 1.165) is 7.11 Å². The molecule has 1 aliphatic heterocycles. The van der Waals surface area contributed by atoms with Crippen LogP contribution in [0.15, 0.2) is 0 Å². The minimum atomic E-state index is -5.14. The molecular formula is C11H14F6N2O3. The monoisotopic (exact) mass is 336 g/mol. The molecule has 0 bridgehead atoms. The second-order valence-corrected chi connectivity index (χ2v) is 4.78. The van der Waals surface area contributed by atoms with Crippen LogP contribution in [0.1, 0.15) is 12.8 Å². The third-order valence-corrected chi connectivity index (χ3v) is 3.14. The first kappa shape index (κ1) is 18.5. The first-order valence-corrected chi connectivity index (χ1v) is 6.19. The van der Waals surface area contributed by atoms with Crippen molar-refractivity contribution >= 4 is 11.8 Å². The zero-order chi connectivity index (χ0) is 17.1. The van der Waals surface area contributed by atoms with Gasteiger partial charge in [0.05, 0.1) is 0 Å². The summed E-state index contributed by atoms with van der Waals surface area (Å²) in [5.74, 6) is -3.25. The van der Waals surface area contributed by atoms with Crippen LogP contribution >= 0.6 is 0 Å². The lowest BCUT2D eigenvalue weighted by molar-refractivity contribution is -0.199. The number of hydrogen-bond acceptors (Lipinski definition) is 3. The molecule has 0 aromatic carbocycles. The van der Waals surface area contributed by atoms with Crippen LogP contribution in [0.4, 0.5) is 26.3 Å². The summed E-state index contributed by atoms with van der Waals surface area (Å²) < 4.78 is 79.5. The number of carbonyl (C=O) groups excluding carboxylic acids is 2. The van der Waals surface area contributed by atoms with Crippen LogP contribution in [-0.4, -0.2) is 61.4 Å². The molecule has 1 rings (SSSR count). The average Bonchev–Trinajstić information content (AvgIpc) is 2.36. The number of rotatable bonds is 3. The lowest BCUT2D eigenvalue weighted by Crippen LogP contribution is -2.59. The third-order valence-electron chi connectivity index (χ3n) is 3.14. The molecule has 2 amide bonds. The molecule has 1 fully saturated rings. The molecule has 11 heteroatoms. The van der Waals surface area contributed by atoms with Gasteiger partial charge in [0.2, 0.25) is 5.91 Å². The molecule has 22 heavy (non-hydrogen) atoms. The molecule has 5 nitrogen and oxygen atoms in total. The molecule has 0 aliphatic carbocycles. The van der Waals surface area contributed by atoms with E-state index < -0.39 is 55.8 Å². The Morgan fingerprint density at radius 3 is 2.23 bits per heavy atom. The topological polar surface area (TPSA) is 58.6 Å². The smallest absolute Gasteiger partial charge is 0.375 e. The summed E-state index contributed by atoms with van der Waals surface area (Å²) in [6.07, 6.45) is -10.8. The van der Waals surface area contributed by atoms with Gasteiger partial charge in [0.25, 0.3) is 0 Å². The van der Waals surface area contributed by atoms with Crippen LogP contribution in [0.25, 0.3) is 0 Å². The highest BCUT2D eigenvalue weighted by atomic mass is 19.4. The summed E-state index contributed by atoms with van der Waals surface area (Å²) >= 11 is 0. The van der Waals surface area contributed by atoms with E-state index in [1.807, 2.05) is 0 Å². The van der Waals surface area contributed by atoms with Crippen molar-refractivity contribution in [3.8, 4) is 0 Å². The van der Waals surface area contributed by atoms with Crippen LogP contribution in [0.3, 0.4) is 0 Å². The molecule has 1 saturated heterocycles. The van der Waals surface area contributed by atoms with Crippen molar-refractivity contribution in [2.75, 3.05) is 20.3 Å². The van der Waals surface area contributed by atoms with Gasteiger partial charge < -0.3 is 15.0 Å². The van der Waals surface area contributed by atoms with Crippen LogP contribution < -0.4 is 5.32 Å². The highest BCUT2D eigenvalue weighted by molar-refractivity contribution is 5.82. The van der Waals surface area contributed by atoms with E-state index in [1.54, 1.807) is 5.32 Å². The number of halogens is 6. The fourth-order valence-corrected chi connectivity index (χ4v) is 2.18. The van der Waals surface area contributed by atoms with Gasteiger partial charge in [-0.3, -0.25) is 9.59 Å². The number of alkyl halides is 6. The summed E-state index contributed by atoms with van der Waals surface area (Å²) in [7, 11) is 1.10. The SMILES string of the molecule is COCC(=O)N1CC(NC(=O)C(F)(F)F)CCC1C(F)(F)F. The second kappa shape index (κ2) is 6.71. The summed E-state index contributed by atoms with van der Waals surface area (Å²) in [4.78, 5) is 22.9. The molecule has 2 atom stereocenters. The predicted molar refractivity (Wildman–Crippen MR) is 60.7 cm³/mol. The number of nitrogens with zero attached hydrogens (tertiary/aromatic N) is 1. The summed E-state index contributed by atoms with van der Waals surface area (Å²) in [6.45, 7) is -1.29. The minimum Gasteiger partial charge on any atom is -0.375 e. The van der Waals surface area contributed by atoms with Gasteiger partial charge in [-0.2, -0.15) is 26.3 Å². The number of likely N-dealkylation sites (tertiary alicyclic amines) is 1. The molecule has 0 aromatic heterocycles. The van der Waals surface area contributed by atoms with Gasteiger partial charge in [0, 0.05) is 19.7 Å². The number of amides is 2. The zero-order valence-corrected chi connectivity index (χ0v) is 11.4. The van der Waals surface area contributed by atoms with Crippen molar-refractivity contribution in [1.82, 2.24) is 10.2 Å². The molecule has 0 spiro atoms.